The molecule has 7 heteroatoms. The number of benzene rings is 2. The Hall–Kier alpha value is -2.96. The molecule has 2 rings (SSSR count). The number of nitro groups is 1. The Balaban J connectivity index is 2.34. The number of carbonyl (C=O) groups excluding carboxylic acids is 1. The number of hydrogen-bond donors (Lipinski definition) is 1. The molecule has 114 valence electrons. The Morgan fingerprint density at radius 3 is 2.68 bits per heavy atom. The zero-order chi connectivity index (χ0) is 16.1. The van der Waals surface area contributed by atoms with Gasteiger partial charge in [0.05, 0.1) is 17.1 Å². The number of ether oxygens (including phenoxy) is 1. The van der Waals surface area contributed by atoms with Crippen LogP contribution in [0.25, 0.3) is 0 Å². The van der Waals surface area contributed by atoms with Gasteiger partial charge in [0.25, 0.3) is 11.6 Å². The zero-order valence-electron chi connectivity index (χ0n) is 11.7. The molecular formula is C15H13FN2O4. The maximum atomic E-state index is 13.6. The van der Waals surface area contributed by atoms with Gasteiger partial charge in [0.2, 0.25) is 0 Å². The molecule has 0 fully saturated rings. The van der Waals surface area contributed by atoms with Crippen LogP contribution in [0, 0.1) is 15.9 Å². The summed E-state index contributed by atoms with van der Waals surface area (Å²) in [4.78, 5) is 22.4. The van der Waals surface area contributed by atoms with Gasteiger partial charge in [-0.25, -0.2) is 4.39 Å². The van der Waals surface area contributed by atoms with Crippen molar-refractivity contribution in [3.8, 4) is 5.75 Å². The molecule has 6 nitrogen and oxygen atoms in total. The summed E-state index contributed by atoms with van der Waals surface area (Å²) in [5, 5.41) is 13.4. The van der Waals surface area contributed by atoms with E-state index in [-0.39, 0.29) is 16.9 Å². The van der Waals surface area contributed by atoms with Crippen molar-refractivity contribution in [2.75, 3.05) is 11.9 Å². The van der Waals surface area contributed by atoms with Crippen LogP contribution in [0.2, 0.25) is 0 Å². The molecular weight excluding hydrogens is 291 g/mol. The van der Waals surface area contributed by atoms with Crippen LogP contribution in [0.15, 0.2) is 42.5 Å². The van der Waals surface area contributed by atoms with Crippen molar-refractivity contribution in [1.82, 2.24) is 0 Å². The van der Waals surface area contributed by atoms with E-state index in [1.807, 2.05) is 0 Å². The van der Waals surface area contributed by atoms with Gasteiger partial charge in [-0.05, 0) is 25.1 Å². The van der Waals surface area contributed by atoms with Crippen LogP contribution in [0.5, 0.6) is 5.75 Å². The van der Waals surface area contributed by atoms with Crippen LogP contribution in [-0.4, -0.2) is 17.4 Å². The first-order valence-electron chi connectivity index (χ1n) is 6.50. The van der Waals surface area contributed by atoms with Gasteiger partial charge < -0.3 is 10.1 Å². The largest absolute Gasteiger partial charge is 0.494 e. The fourth-order valence-electron chi connectivity index (χ4n) is 1.87. The predicted octanol–water partition coefficient (Wildman–Crippen LogP) is 3.38. The standard InChI is InChI=1S/C15H13FN2O4/c1-2-22-10-7-8-14(18(20)21)13(9-10)17-15(19)11-5-3-4-6-12(11)16/h3-9H,2H2,1H3,(H,17,19). The lowest BCUT2D eigenvalue weighted by Gasteiger charge is -2.09. The Morgan fingerprint density at radius 2 is 2.05 bits per heavy atom. The lowest BCUT2D eigenvalue weighted by Crippen LogP contribution is -2.14. The van der Waals surface area contributed by atoms with Gasteiger partial charge in [0, 0.05) is 12.1 Å². The molecule has 22 heavy (non-hydrogen) atoms. The number of nitrogens with zero attached hydrogens (tertiary/aromatic N) is 1. The molecule has 0 saturated carbocycles. The number of nitro benzene ring substituents is 1. The summed E-state index contributed by atoms with van der Waals surface area (Å²) in [6.07, 6.45) is 0. The Bertz CT molecular complexity index is 718. The molecule has 0 radical (unpaired) electrons. The van der Waals surface area contributed by atoms with Crippen molar-refractivity contribution >= 4 is 17.3 Å². The van der Waals surface area contributed by atoms with Crippen molar-refractivity contribution in [2.45, 2.75) is 6.92 Å². The quantitative estimate of drug-likeness (QED) is 0.678. The predicted molar refractivity (Wildman–Crippen MR) is 78.6 cm³/mol. The highest BCUT2D eigenvalue weighted by molar-refractivity contribution is 6.05. The smallest absolute Gasteiger partial charge is 0.293 e. The molecule has 0 bridgehead atoms. The van der Waals surface area contributed by atoms with E-state index in [4.69, 9.17) is 4.74 Å². The van der Waals surface area contributed by atoms with Gasteiger partial charge in [-0.1, -0.05) is 12.1 Å². The fraction of sp³-hybridized carbons (Fsp3) is 0.133. The van der Waals surface area contributed by atoms with E-state index in [0.29, 0.717) is 12.4 Å². The average molecular weight is 304 g/mol. The summed E-state index contributed by atoms with van der Waals surface area (Å²) in [6.45, 7) is 2.14. The second kappa shape index (κ2) is 6.66. The number of hydrogen-bond acceptors (Lipinski definition) is 4. The lowest BCUT2D eigenvalue weighted by atomic mass is 10.2. The third-order valence-electron chi connectivity index (χ3n) is 2.84. The maximum Gasteiger partial charge on any atom is 0.293 e. The van der Waals surface area contributed by atoms with E-state index < -0.39 is 16.6 Å². The highest BCUT2D eigenvalue weighted by Gasteiger charge is 2.19. The van der Waals surface area contributed by atoms with E-state index in [2.05, 4.69) is 5.32 Å². The molecule has 0 heterocycles. The van der Waals surface area contributed by atoms with E-state index in [1.54, 1.807) is 6.92 Å². The van der Waals surface area contributed by atoms with Crippen LogP contribution in [0.1, 0.15) is 17.3 Å². The SMILES string of the molecule is CCOc1ccc([N+](=O)[O-])c(NC(=O)c2ccccc2F)c1. The number of amides is 1. The molecule has 1 amide bonds. The van der Waals surface area contributed by atoms with E-state index in [1.165, 1.54) is 36.4 Å². The van der Waals surface area contributed by atoms with Gasteiger partial charge in [-0.3, -0.25) is 14.9 Å². The van der Waals surface area contributed by atoms with E-state index >= 15 is 0 Å². The van der Waals surface area contributed by atoms with E-state index in [9.17, 15) is 19.3 Å². The van der Waals surface area contributed by atoms with Crippen molar-refractivity contribution in [1.29, 1.82) is 0 Å². The summed E-state index contributed by atoms with van der Waals surface area (Å²) >= 11 is 0. The first kappa shape index (κ1) is 15.4. The summed E-state index contributed by atoms with van der Waals surface area (Å²) in [5.74, 6) is -1.10. The summed E-state index contributed by atoms with van der Waals surface area (Å²) in [6, 6.07) is 9.37. The number of rotatable bonds is 5. The normalized spacial score (nSPS) is 10.1. The molecule has 0 aliphatic heterocycles. The Labute approximate surface area is 125 Å². The molecule has 0 aliphatic rings. The van der Waals surface area contributed by atoms with Gasteiger partial charge in [0.1, 0.15) is 17.3 Å². The summed E-state index contributed by atoms with van der Waals surface area (Å²) in [5.41, 5.74) is -0.545. The topological polar surface area (TPSA) is 81.5 Å². The molecule has 0 unspecified atom stereocenters. The number of nitrogens with one attached hydrogen (secondary N) is 1. The number of anilines is 1. The van der Waals surface area contributed by atoms with Crippen LogP contribution in [-0.2, 0) is 0 Å². The Kier molecular flexibility index (Phi) is 4.67. The number of halogens is 1. The van der Waals surface area contributed by atoms with Crippen molar-refractivity contribution < 1.29 is 18.8 Å². The molecule has 0 saturated heterocycles. The van der Waals surface area contributed by atoms with Crippen LogP contribution >= 0.6 is 0 Å². The van der Waals surface area contributed by atoms with Gasteiger partial charge in [0.15, 0.2) is 0 Å². The van der Waals surface area contributed by atoms with Crippen LogP contribution in [0.3, 0.4) is 0 Å². The van der Waals surface area contributed by atoms with Gasteiger partial charge in [-0.15, -0.1) is 0 Å². The minimum absolute atomic E-state index is 0.0517. The summed E-state index contributed by atoms with van der Waals surface area (Å²) in [7, 11) is 0. The minimum Gasteiger partial charge on any atom is -0.494 e. The zero-order valence-corrected chi connectivity index (χ0v) is 11.7. The van der Waals surface area contributed by atoms with E-state index in [0.717, 1.165) is 6.07 Å². The highest BCUT2D eigenvalue weighted by Crippen LogP contribution is 2.29. The molecule has 0 atom stereocenters. The maximum absolute atomic E-state index is 13.6. The van der Waals surface area contributed by atoms with Crippen molar-refractivity contribution in [3.63, 3.8) is 0 Å². The molecule has 0 aromatic heterocycles. The third kappa shape index (κ3) is 3.38. The molecule has 2 aromatic rings. The minimum atomic E-state index is -0.769. The molecule has 0 aliphatic carbocycles. The van der Waals surface area contributed by atoms with Gasteiger partial charge >= 0.3 is 0 Å². The fourth-order valence-corrected chi connectivity index (χ4v) is 1.87. The van der Waals surface area contributed by atoms with Crippen LogP contribution < -0.4 is 10.1 Å². The monoisotopic (exact) mass is 304 g/mol. The highest BCUT2D eigenvalue weighted by atomic mass is 19.1. The van der Waals surface area contributed by atoms with Crippen molar-refractivity contribution in [2.24, 2.45) is 0 Å². The molecule has 1 N–H and O–H groups in total. The molecule has 0 spiro atoms. The first-order valence-corrected chi connectivity index (χ1v) is 6.50. The number of carbonyl (C=O) groups is 1. The average Bonchev–Trinajstić information content (AvgIpc) is 2.48. The molecule has 2 aromatic carbocycles. The van der Waals surface area contributed by atoms with Crippen molar-refractivity contribution in [3.05, 3.63) is 64.0 Å². The third-order valence-corrected chi connectivity index (χ3v) is 2.84. The summed E-state index contributed by atoms with van der Waals surface area (Å²) < 4.78 is 18.8. The van der Waals surface area contributed by atoms with Gasteiger partial charge in [-0.2, -0.15) is 0 Å². The second-order valence-electron chi connectivity index (χ2n) is 4.30. The van der Waals surface area contributed by atoms with Crippen LogP contribution in [0.4, 0.5) is 15.8 Å². The Morgan fingerprint density at radius 1 is 1.32 bits per heavy atom. The lowest BCUT2D eigenvalue weighted by molar-refractivity contribution is -0.383. The first-order chi connectivity index (χ1) is 10.5. The second-order valence-corrected chi connectivity index (χ2v) is 4.30.